The molecule has 0 radical (unpaired) electrons. The highest BCUT2D eigenvalue weighted by Gasteiger charge is 2.29. The van der Waals surface area contributed by atoms with Gasteiger partial charge >= 0.3 is 0 Å². The molecule has 1 amide bonds. The monoisotopic (exact) mass is 254 g/mol. The summed E-state index contributed by atoms with van der Waals surface area (Å²) in [5, 5.41) is 6.56. The molecule has 0 aromatic carbocycles. The molecule has 1 heterocycles. The van der Waals surface area contributed by atoms with E-state index in [4.69, 9.17) is 0 Å². The van der Waals surface area contributed by atoms with Crippen molar-refractivity contribution in [2.24, 2.45) is 5.41 Å². The lowest BCUT2D eigenvalue weighted by Gasteiger charge is -2.34. The maximum atomic E-state index is 12.3. The molecule has 0 spiro atoms. The maximum absolute atomic E-state index is 12.3. The standard InChI is InChI=1S/C15H30N2O/c1-14(2,3)11-15(4,5)17-13(18)12-9-7-6-8-10-16-12/h12,16H,6-11H2,1-5H3,(H,17,18). The van der Waals surface area contributed by atoms with Crippen LogP contribution in [-0.2, 0) is 4.79 Å². The smallest absolute Gasteiger partial charge is 0.237 e. The molecule has 1 aliphatic rings. The molecule has 0 aromatic heterocycles. The zero-order valence-electron chi connectivity index (χ0n) is 12.7. The topological polar surface area (TPSA) is 41.1 Å². The number of hydrogen-bond acceptors (Lipinski definition) is 2. The van der Waals surface area contributed by atoms with Gasteiger partial charge in [-0.3, -0.25) is 4.79 Å². The first kappa shape index (κ1) is 15.5. The van der Waals surface area contributed by atoms with Crippen LogP contribution in [0.1, 0.15) is 66.7 Å². The van der Waals surface area contributed by atoms with Crippen LogP contribution < -0.4 is 10.6 Å². The summed E-state index contributed by atoms with van der Waals surface area (Å²) in [6.45, 7) is 11.8. The molecular weight excluding hydrogens is 224 g/mol. The van der Waals surface area contributed by atoms with E-state index in [0.29, 0.717) is 0 Å². The Hall–Kier alpha value is -0.570. The third-order valence-electron chi connectivity index (χ3n) is 3.31. The van der Waals surface area contributed by atoms with Gasteiger partial charge in [-0.15, -0.1) is 0 Å². The van der Waals surface area contributed by atoms with Crippen LogP contribution in [0.25, 0.3) is 0 Å². The first-order valence-electron chi connectivity index (χ1n) is 7.25. The van der Waals surface area contributed by atoms with Gasteiger partial charge in [-0.05, 0) is 45.1 Å². The zero-order chi connectivity index (χ0) is 13.8. The normalized spacial score (nSPS) is 22.4. The Morgan fingerprint density at radius 3 is 2.44 bits per heavy atom. The Kier molecular flexibility index (Phi) is 5.20. The second kappa shape index (κ2) is 6.05. The molecule has 0 aromatic rings. The lowest BCUT2D eigenvalue weighted by atomic mass is 9.81. The van der Waals surface area contributed by atoms with Gasteiger partial charge < -0.3 is 10.6 Å². The fraction of sp³-hybridized carbons (Fsp3) is 0.933. The summed E-state index contributed by atoms with van der Waals surface area (Å²) >= 11 is 0. The average molecular weight is 254 g/mol. The molecule has 106 valence electrons. The number of nitrogens with one attached hydrogen (secondary N) is 2. The van der Waals surface area contributed by atoms with E-state index >= 15 is 0 Å². The van der Waals surface area contributed by atoms with Gasteiger partial charge in [0.1, 0.15) is 0 Å². The van der Waals surface area contributed by atoms with Crippen molar-refractivity contribution in [1.29, 1.82) is 0 Å². The summed E-state index contributed by atoms with van der Waals surface area (Å²) in [6.07, 6.45) is 5.54. The van der Waals surface area contributed by atoms with Crippen LogP contribution in [0.3, 0.4) is 0 Å². The summed E-state index contributed by atoms with van der Waals surface area (Å²) in [7, 11) is 0. The van der Waals surface area contributed by atoms with Crippen molar-refractivity contribution in [2.75, 3.05) is 6.54 Å². The first-order valence-corrected chi connectivity index (χ1v) is 7.25. The van der Waals surface area contributed by atoms with Crippen molar-refractivity contribution < 1.29 is 4.79 Å². The van der Waals surface area contributed by atoms with Gasteiger partial charge in [-0.1, -0.05) is 33.6 Å². The van der Waals surface area contributed by atoms with E-state index in [1.54, 1.807) is 0 Å². The van der Waals surface area contributed by atoms with Gasteiger partial charge in [-0.25, -0.2) is 0 Å². The van der Waals surface area contributed by atoms with E-state index in [0.717, 1.165) is 25.8 Å². The second-order valence-electron chi connectivity index (χ2n) is 7.47. The molecule has 0 aliphatic carbocycles. The highest BCUT2D eigenvalue weighted by atomic mass is 16.2. The van der Waals surface area contributed by atoms with Crippen molar-refractivity contribution in [3.05, 3.63) is 0 Å². The Morgan fingerprint density at radius 1 is 1.17 bits per heavy atom. The highest BCUT2D eigenvalue weighted by molar-refractivity contribution is 5.82. The molecule has 1 rings (SSSR count). The van der Waals surface area contributed by atoms with Gasteiger partial charge in [0.2, 0.25) is 5.91 Å². The van der Waals surface area contributed by atoms with E-state index in [1.165, 1.54) is 12.8 Å². The van der Waals surface area contributed by atoms with Crippen LogP contribution in [-0.4, -0.2) is 24.0 Å². The van der Waals surface area contributed by atoms with Gasteiger partial charge in [-0.2, -0.15) is 0 Å². The van der Waals surface area contributed by atoms with E-state index in [9.17, 15) is 4.79 Å². The number of hydrogen-bond donors (Lipinski definition) is 2. The summed E-state index contributed by atoms with van der Waals surface area (Å²) < 4.78 is 0. The zero-order valence-corrected chi connectivity index (χ0v) is 12.7. The lowest BCUT2D eigenvalue weighted by Crippen LogP contribution is -2.52. The number of carbonyl (C=O) groups is 1. The molecule has 1 unspecified atom stereocenters. The summed E-state index contributed by atoms with van der Waals surface area (Å²) in [5.41, 5.74) is 0.0942. The molecule has 1 atom stereocenters. The Bertz CT molecular complexity index is 271. The molecular formula is C15H30N2O. The molecule has 18 heavy (non-hydrogen) atoms. The van der Waals surface area contributed by atoms with Gasteiger partial charge in [0.25, 0.3) is 0 Å². The number of rotatable bonds is 3. The molecule has 2 N–H and O–H groups in total. The van der Waals surface area contributed by atoms with Crippen molar-refractivity contribution in [3.63, 3.8) is 0 Å². The maximum Gasteiger partial charge on any atom is 0.237 e. The van der Waals surface area contributed by atoms with Crippen molar-refractivity contribution >= 4 is 5.91 Å². The van der Waals surface area contributed by atoms with E-state index < -0.39 is 0 Å². The quantitative estimate of drug-likeness (QED) is 0.813. The SMILES string of the molecule is CC(C)(C)CC(C)(C)NC(=O)C1CCCCCN1. The lowest BCUT2D eigenvalue weighted by molar-refractivity contribution is -0.125. The number of amides is 1. The Morgan fingerprint density at radius 2 is 1.83 bits per heavy atom. The Labute approximate surface area is 112 Å². The third-order valence-corrected chi connectivity index (χ3v) is 3.31. The van der Waals surface area contributed by atoms with Crippen LogP contribution in [0.5, 0.6) is 0 Å². The fourth-order valence-corrected chi connectivity index (χ4v) is 3.04. The van der Waals surface area contributed by atoms with Gasteiger partial charge in [0.15, 0.2) is 0 Å². The number of carbonyl (C=O) groups excluding carboxylic acids is 1. The predicted molar refractivity (Wildman–Crippen MR) is 76.6 cm³/mol. The molecule has 1 saturated heterocycles. The van der Waals surface area contributed by atoms with Crippen LogP contribution >= 0.6 is 0 Å². The van der Waals surface area contributed by atoms with Crippen LogP contribution in [0, 0.1) is 5.41 Å². The molecule has 1 aliphatic heterocycles. The third kappa shape index (κ3) is 5.85. The van der Waals surface area contributed by atoms with Crippen LogP contribution in [0.2, 0.25) is 0 Å². The van der Waals surface area contributed by atoms with Crippen LogP contribution in [0.4, 0.5) is 0 Å². The van der Waals surface area contributed by atoms with Gasteiger partial charge in [0, 0.05) is 5.54 Å². The van der Waals surface area contributed by atoms with Crippen molar-refractivity contribution in [2.45, 2.75) is 78.3 Å². The molecule has 3 nitrogen and oxygen atoms in total. The predicted octanol–water partition coefficient (Wildman–Crippen LogP) is 2.85. The largest absolute Gasteiger partial charge is 0.350 e. The fourth-order valence-electron chi connectivity index (χ4n) is 3.04. The minimum atomic E-state index is -0.136. The Balaban J connectivity index is 2.51. The second-order valence-corrected chi connectivity index (χ2v) is 7.47. The average Bonchev–Trinajstić information content (AvgIpc) is 2.39. The van der Waals surface area contributed by atoms with Crippen molar-refractivity contribution in [3.8, 4) is 0 Å². The van der Waals surface area contributed by atoms with Gasteiger partial charge in [0.05, 0.1) is 6.04 Å². The summed E-state index contributed by atoms with van der Waals surface area (Å²) in [5.74, 6) is 0.172. The summed E-state index contributed by atoms with van der Waals surface area (Å²) in [6, 6.07) is 0.00624. The first-order chi connectivity index (χ1) is 8.20. The molecule has 3 heteroatoms. The van der Waals surface area contributed by atoms with E-state index in [-0.39, 0.29) is 22.9 Å². The van der Waals surface area contributed by atoms with Crippen molar-refractivity contribution in [1.82, 2.24) is 10.6 Å². The minimum absolute atomic E-state index is 0.00624. The van der Waals surface area contributed by atoms with E-state index in [2.05, 4.69) is 45.3 Å². The summed E-state index contributed by atoms with van der Waals surface area (Å²) in [4.78, 5) is 12.3. The molecule has 0 bridgehead atoms. The van der Waals surface area contributed by atoms with Crippen LogP contribution in [0.15, 0.2) is 0 Å². The molecule has 1 fully saturated rings. The minimum Gasteiger partial charge on any atom is -0.350 e. The highest BCUT2D eigenvalue weighted by Crippen LogP contribution is 2.27. The molecule has 0 saturated carbocycles. The van der Waals surface area contributed by atoms with E-state index in [1.807, 2.05) is 0 Å².